The van der Waals surface area contributed by atoms with Crippen LogP contribution in [0.15, 0.2) is 41.8 Å². The summed E-state index contributed by atoms with van der Waals surface area (Å²) in [6.07, 6.45) is 3.45. The monoisotopic (exact) mass is 410 g/mol. The first kappa shape index (κ1) is 20.1. The predicted octanol–water partition coefficient (Wildman–Crippen LogP) is 4.45. The van der Waals surface area contributed by atoms with Crippen molar-refractivity contribution in [2.75, 3.05) is 26.2 Å². The SMILES string of the molecule is CCN(CC)C(=O)C1(Cc2ccccc2-c2cccs2)CCN(C(=O)C2CC2)C1. The summed E-state index contributed by atoms with van der Waals surface area (Å²) < 4.78 is 0. The van der Waals surface area contributed by atoms with Crippen LogP contribution < -0.4 is 0 Å². The van der Waals surface area contributed by atoms with E-state index in [1.807, 2.05) is 23.6 Å². The van der Waals surface area contributed by atoms with Crippen LogP contribution in [0.1, 0.15) is 38.7 Å². The van der Waals surface area contributed by atoms with Gasteiger partial charge in [-0.1, -0.05) is 30.3 Å². The molecule has 1 aliphatic carbocycles. The number of nitrogens with zero attached hydrogens (tertiary/aromatic N) is 2. The topological polar surface area (TPSA) is 40.6 Å². The highest BCUT2D eigenvalue weighted by Gasteiger charge is 2.49. The molecule has 2 heterocycles. The van der Waals surface area contributed by atoms with Crippen molar-refractivity contribution in [1.29, 1.82) is 0 Å². The van der Waals surface area contributed by atoms with E-state index in [1.165, 1.54) is 16.0 Å². The highest BCUT2D eigenvalue weighted by Crippen LogP contribution is 2.41. The third-order valence-electron chi connectivity index (χ3n) is 6.43. The quantitative estimate of drug-likeness (QED) is 0.676. The largest absolute Gasteiger partial charge is 0.343 e. The van der Waals surface area contributed by atoms with Crippen molar-refractivity contribution >= 4 is 23.2 Å². The van der Waals surface area contributed by atoms with Crippen molar-refractivity contribution < 1.29 is 9.59 Å². The zero-order chi connectivity index (χ0) is 20.4. The molecular weight excluding hydrogens is 380 g/mol. The number of amides is 2. The molecule has 2 amide bonds. The van der Waals surface area contributed by atoms with Crippen LogP contribution in [0.25, 0.3) is 10.4 Å². The molecule has 2 aliphatic rings. The molecule has 2 aromatic rings. The maximum absolute atomic E-state index is 13.7. The Bertz CT molecular complexity index is 871. The minimum absolute atomic E-state index is 0.202. The van der Waals surface area contributed by atoms with E-state index in [9.17, 15) is 9.59 Å². The van der Waals surface area contributed by atoms with E-state index < -0.39 is 5.41 Å². The third kappa shape index (κ3) is 3.97. The summed E-state index contributed by atoms with van der Waals surface area (Å²) in [6.45, 7) is 6.74. The smallest absolute Gasteiger partial charge is 0.230 e. The van der Waals surface area contributed by atoms with Crippen LogP contribution in [0.2, 0.25) is 0 Å². The van der Waals surface area contributed by atoms with E-state index in [0.29, 0.717) is 32.6 Å². The number of likely N-dealkylation sites (tertiary alicyclic amines) is 1. The third-order valence-corrected chi connectivity index (χ3v) is 7.33. The molecule has 4 nitrogen and oxygen atoms in total. The Hall–Kier alpha value is -2.14. The van der Waals surface area contributed by atoms with Gasteiger partial charge in [0.15, 0.2) is 0 Å². The number of rotatable bonds is 7. The standard InChI is InChI=1S/C24H30N2O2S/c1-3-25(4-2)23(28)24(13-14-26(17-24)22(27)18-11-12-18)16-19-8-5-6-9-20(19)21-10-7-15-29-21/h5-10,15,18H,3-4,11-14,16-17H2,1-2H3. The first-order chi connectivity index (χ1) is 14.1. The number of thiophene rings is 1. The van der Waals surface area contributed by atoms with Crippen LogP contribution in [-0.2, 0) is 16.0 Å². The Morgan fingerprint density at radius 2 is 1.90 bits per heavy atom. The molecule has 1 aromatic heterocycles. The minimum Gasteiger partial charge on any atom is -0.343 e. The van der Waals surface area contributed by atoms with Gasteiger partial charge in [0.05, 0.1) is 5.41 Å². The van der Waals surface area contributed by atoms with E-state index in [-0.39, 0.29) is 17.7 Å². The molecule has 1 aliphatic heterocycles. The van der Waals surface area contributed by atoms with E-state index in [2.05, 4.69) is 41.8 Å². The van der Waals surface area contributed by atoms with Gasteiger partial charge in [0.25, 0.3) is 0 Å². The highest BCUT2D eigenvalue weighted by molar-refractivity contribution is 7.13. The van der Waals surface area contributed by atoms with Gasteiger partial charge in [-0.25, -0.2) is 0 Å². The van der Waals surface area contributed by atoms with Crippen molar-refractivity contribution in [3.05, 3.63) is 47.3 Å². The van der Waals surface area contributed by atoms with Crippen LogP contribution >= 0.6 is 11.3 Å². The van der Waals surface area contributed by atoms with Gasteiger partial charge < -0.3 is 9.80 Å². The van der Waals surface area contributed by atoms with Crippen molar-refractivity contribution in [2.45, 2.75) is 39.5 Å². The van der Waals surface area contributed by atoms with Crippen molar-refractivity contribution in [2.24, 2.45) is 11.3 Å². The maximum atomic E-state index is 13.7. The summed E-state index contributed by atoms with van der Waals surface area (Å²) >= 11 is 1.73. The zero-order valence-electron chi connectivity index (χ0n) is 17.4. The maximum Gasteiger partial charge on any atom is 0.230 e. The number of hydrogen-bond acceptors (Lipinski definition) is 3. The second kappa shape index (κ2) is 8.31. The van der Waals surface area contributed by atoms with Gasteiger partial charge in [0, 0.05) is 37.0 Å². The normalized spacial score (nSPS) is 21.4. The Balaban J connectivity index is 1.67. The lowest BCUT2D eigenvalue weighted by molar-refractivity contribution is -0.142. The molecule has 1 unspecified atom stereocenters. The molecule has 1 atom stereocenters. The first-order valence-electron chi connectivity index (χ1n) is 10.8. The lowest BCUT2D eigenvalue weighted by Gasteiger charge is -2.34. The Morgan fingerprint density at radius 1 is 1.14 bits per heavy atom. The molecular formula is C24H30N2O2S. The molecule has 154 valence electrons. The van der Waals surface area contributed by atoms with E-state index in [4.69, 9.17) is 0 Å². The average Bonchev–Trinajstić information content (AvgIpc) is 3.27. The van der Waals surface area contributed by atoms with Crippen LogP contribution in [0.5, 0.6) is 0 Å². The van der Waals surface area contributed by atoms with E-state index in [0.717, 1.165) is 19.3 Å². The molecule has 5 heteroatoms. The second-order valence-electron chi connectivity index (χ2n) is 8.35. The van der Waals surface area contributed by atoms with Crippen LogP contribution in [0.3, 0.4) is 0 Å². The van der Waals surface area contributed by atoms with Gasteiger partial charge in [-0.05, 0) is 62.1 Å². The Morgan fingerprint density at radius 3 is 2.55 bits per heavy atom. The predicted molar refractivity (Wildman–Crippen MR) is 118 cm³/mol. The molecule has 2 fully saturated rings. The molecule has 0 bridgehead atoms. The van der Waals surface area contributed by atoms with Crippen LogP contribution in [0, 0.1) is 11.3 Å². The fourth-order valence-electron chi connectivity index (χ4n) is 4.60. The van der Waals surface area contributed by atoms with Crippen molar-refractivity contribution in [1.82, 2.24) is 9.80 Å². The van der Waals surface area contributed by atoms with Gasteiger partial charge in [0.1, 0.15) is 0 Å². The summed E-state index contributed by atoms with van der Waals surface area (Å²) in [5.74, 6) is 0.660. The summed E-state index contributed by atoms with van der Waals surface area (Å²) in [6, 6.07) is 12.6. The number of benzene rings is 1. The summed E-state index contributed by atoms with van der Waals surface area (Å²) in [4.78, 5) is 31.6. The summed E-state index contributed by atoms with van der Waals surface area (Å²) in [7, 11) is 0. The van der Waals surface area contributed by atoms with Crippen molar-refractivity contribution in [3.8, 4) is 10.4 Å². The molecule has 1 aromatic carbocycles. The Labute approximate surface area is 177 Å². The first-order valence-corrected chi connectivity index (χ1v) is 11.7. The molecule has 0 spiro atoms. The average molecular weight is 411 g/mol. The van der Waals surface area contributed by atoms with Gasteiger partial charge in [-0.2, -0.15) is 0 Å². The van der Waals surface area contributed by atoms with E-state index >= 15 is 0 Å². The van der Waals surface area contributed by atoms with E-state index in [1.54, 1.807) is 11.3 Å². The van der Waals surface area contributed by atoms with Crippen molar-refractivity contribution in [3.63, 3.8) is 0 Å². The lowest BCUT2D eigenvalue weighted by Crippen LogP contribution is -2.47. The number of carbonyl (C=O) groups excluding carboxylic acids is 2. The fourth-order valence-corrected chi connectivity index (χ4v) is 5.39. The van der Waals surface area contributed by atoms with Crippen LogP contribution in [-0.4, -0.2) is 47.8 Å². The molecule has 1 saturated carbocycles. The Kier molecular flexibility index (Phi) is 5.77. The number of hydrogen-bond donors (Lipinski definition) is 0. The van der Waals surface area contributed by atoms with Gasteiger partial charge >= 0.3 is 0 Å². The molecule has 4 rings (SSSR count). The molecule has 0 N–H and O–H groups in total. The van der Waals surface area contributed by atoms with Crippen LogP contribution in [0.4, 0.5) is 0 Å². The lowest BCUT2D eigenvalue weighted by atomic mass is 9.78. The molecule has 0 radical (unpaired) electrons. The van der Waals surface area contributed by atoms with Gasteiger partial charge in [0.2, 0.25) is 11.8 Å². The minimum atomic E-state index is -0.524. The zero-order valence-corrected chi connectivity index (χ0v) is 18.2. The second-order valence-corrected chi connectivity index (χ2v) is 9.30. The fraction of sp³-hybridized carbons (Fsp3) is 0.500. The van der Waals surface area contributed by atoms with Gasteiger partial charge in [-0.15, -0.1) is 11.3 Å². The van der Waals surface area contributed by atoms with Gasteiger partial charge in [-0.3, -0.25) is 9.59 Å². The summed E-state index contributed by atoms with van der Waals surface area (Å²) in [5, 5.41) is 2.09. The highest BCUT2D eigenvalue weighted by atomic mass is 32.1. The number of carbonyl (C=O) groups is 2. The molecule has 1 saturated heterocycles. The molecule has 29 heavy (non-hydrogen) atoms. The summed E-state index contributed by atoms with van der Waals surface area (Å²) in [5.41, 5.74) is 1.89.